The number of hydrogen-bond donors (Lipinski definition) is 1. The summed E-state index contributed by atoms with van der Waals surface area (Å²) in [4.78, 5) is 0. The Bertz CT molecular complexity index is 176. The monoisotopic (exact) mass is 227 g/mol. The second-order valence-electron chi connectivity index (χ2n) is 5.76. The van der Waals surface area contributed by atoms with Crippen molar-refractivity contribution in [2.75, 3.05) is 13.7 Å². The van der Waals surface area contributed by atoms with Gasteiger partial charge in [-0.3, -0.25) is 0 Å². The lowest BCUT2D eigenvalue weighted by Gasteiger charge is -2.27. The molecule has 1 aliphatic rings. The minimum absolute atomic E-state index is 0.501. The third kappa shape index (κ3) is 4.84. The molecule has 0 aromatic carbocycles. The van der Waals surface area contributed by atoms with E-state index in [2.05, 4.69) is 26.1 Å². The lowest BCUT2D eigenvalue weighted by Crippen LogP contribution is -2.43. The highest BCUT2D eigenvalue weighted by atomic mass is 16.5. The lowest BCUT2D eigenvalue weighted by atomic mass is 9.97. The van der Waals surface area contributed by atoms with Gasteiger partial charge in [-0.1, -0.05) is 39.5 Å². The smallest absolute Gasteiger partial charge is 0.0618 e. The van der Waals surface area contributed by atoms with Gasteiger partial charge in [-0.05, 0) is 25.2 Å². The van der Waals surface area contributed by atoms with Crippen LogP contribution in [0.25, 0.3) is 0 Å². The van der Waals surface area contributed by atoms with Crippen molar-refractivity contribution in [3.63, 3.8) is 0 Å². The Labute approximate surface area is 101 Å². The summed E-state index contributed by atoms with van der Waals surface area (Å²) < 4.78 is 5.27. The molecule has 0 aromatic rings. The highest BCUT2D eigenvalue weighted by Crippen LogP contribution is 2.28. The second-order valence-corrected chi connectivity index (χ2v) is 5.76. The zero-order valence-electron chi connectivity index (χ0n) is 11.5. The first-order chi connectivity index (χ1) is 7.63. The molecule has 1 rings (SSSR count). The highest BCUT2D eigenvalue weighted by Gasteiger charge is 2.20. The van der Waals surface area contributed by atoms with Gasteiger partial charge in [0.1, 0.15) is 0 Å². The summed E-state index contributed by atoms with van der Waals surface area (Å²) in [6.07, 6.45) is 7.13. The molecule has 1 fully saturated rings. The molecule has 1 aliphatic carbocycles. The van der Waals surface area contributed by atoms with E-state index in [1.54, 1.807) is 7.11 Å². The van der Waals surface area contributed by atoms with Crippen LogP contribution >= 0.6 is 0 Å². The molecule has 0 amide bonds. The Morgan fingerprint density at radius 3 is 2.31 bits per heavy atom. The molecule has 0 radical (unpaired) electrons. The molecule has 1 N–H and O–H groups in total. The van der Waals surface area contributed by atoms with Crippen LogP contribution in [0.3, 0.4) is 0 Å². The van der Waals surface area contributed by atoms with Crippen LogP contribution < -0.4 is 5.32 Å². The molecule has 2 nitrogen and oxygen atoms in total. The third-order valence-electron chi connectivity index (χ3n) is 3.81. The molecular weight excluding hydrogens is 198 g/mol. The first kappa shape index (κ1) is 14.0. The van der Waals surface area contributed by atoms with Crippen molar-refractivity contribution in [3.8, 4) is 0 Å². The van der Waals surface area contributed by atoms with Crippen molar-refractivity contribution < 1.29 is 4.74 Å². The predicted octanol–water partition coefficient (Wildman–Crippen LogP) is 3.22. The van der Waals surface area contributed by atoms with Crippen LogP contribution in [0, 0.1) is 11.8 Å². The van der Waals surface area contributed by atoms with Crippen molar-refractivity contribution >= 4 is 0 Å². The van der Waals surface area contributed by atoms with E-state index in [-0.39, 0.29) is 0 Å². The maximum Gasteiger partial charge on any atom is 0.0618 e. The number of nitrogens with one attached hydrogen (secondary N) is 1. The number of rotatable bonds is 7. The molecule has 0 saturated heterocycles. The lowest BCUT2D eigenvalue weighted by molar-refractivity contribution is 0.139. The molecule has 2 heteroatoms. The summed E-state index contributed by atoms with van der Waals surface area (Å²) >= 11 is 0. The van der Waals surface area contributed by atoms with Crippen molar-refractivity contribution in [1.29, 1.82) is 0 Å². The largest absolute Gasteiger partial charge is 0.383 e. The fourth-order valence-corrected chi connectivity index (χ4v) is 2.79. The number of hydrogen-bond acceptors (Lipinski definition) is 2. The SMILES string of the molecule is COCC(NC(C)CC1CCCC1)C(C)C. The van der Waals surface area contributed by atoms with E-state index < -0.39 is 0 Å². The van der Waals surface area contributed by atoms with Crippen LogP contribution in [0.2, 0.25) is 0 Å². The molecule has 0 aromatic heterocycles. The summed E-state index contributed by atoms with van der Waals surface area (Å²) in [5.41, 5.74) is 0. The highest BCUT2D eigenvalue weighted by molar-refractivity contribution is 4.78. The van der Waals surface area contributed by atoms with Gasteiger partial charge in [-0.15, -0.1) is 0 Å². The molecule has 0 spiro atoms. The molecular formula is C14H29NO. The van der Waals surface area contributed by atoms with E-state index in [4.69, 9.17) is 4.74 Å². The van der Waals surface area contributed by atoms with Crippen LogP contribution in [0.5, 0.6) is 0 Å². The Morgan fingerprint density at radius 1 is 1.19 bits per heavy atom. The van der Waals surface area contributed by atoms with Crippen LogP contribution in [0.4, 0.5) is 0 Å². The molecule has 0 bridgehead atoms. The Morgan fingerprint density at radius 2 is 1.81 bits per heavy atom. The first-order valence-electron chi connectivity index (χ1n) is 6.88. The van der Waals surface area contributed by atoms with Gasteiger partial charge in [0.25, 0.3) is 0 Å². The van der Waals surface area contributed by atoms with Gasteiger partial charge in [0.15, 0.2) is 0 Å². The maximum atomic E-state index is 5.27. The van der Waals surface area contributed by atoms with Crippen molar-refractivity contribution in [2.45, 2.75) is 65.0 Å². The van der Waals surface area contributed by atoms with Gasteiger partial charge in [0, 0.05) is 19.2 Å². The number of methoxy groups -OCH3 is 1. The zero-order valence-corrected chi connectivity index (χ0v) is 11.5. The van der Waals surface area contributed by atoms with Gasteiger partial charge < -0.3 is 10.1 Å². The molecule has 2 unspecified atom stereocenters. The summed E-state index contributed by atoms with van der Waals surface area (Å²) in [6, 6.07) is 1.13. The second kappa shape index (κ2) is 7.29. The van der Waals surface area contributed by atoms with E-state index in [0.29, 0.717) is 18.0 Å². The quantitative estimate of drug-likeness (QED) is 0.721. The van der Waals surface area contributed by atoms with Gasteiger partial charge >= 0.3 is 0 Å². The first-order valence-corrected chi connectivity index (χ1v) is 6.88. The normalized spacial score (nSPS) is 21.6. The molecule has 1 saturated carbocycles. The fourth-order valence-electron chi connectivity index (χ4n) is 2.79. The van der Waals surface area contributed by atoms with E-state index in [0.717, 1.165) is 12.5 Å². The van der Waals surface area contributed by atoms with Crippen LogP contribution in [-0.2, 0) is 4.74 Å². The molecule has 0 aliphatic heterocycles. The van der Waals surface area contributed by atoms with E-state index >= 15 is 0 Å². The van der Waals surface area contributed by atoms with Gasteiger partial charge in [-0.25, -0.2) is 0 Å². The summed E-state index contributed by atoms with van der Waals surface area (Å²) in [5, 5.41) is 3.72. The minimum Gasteiger partial charge on any atom is -0.383 e. The Hall–Kier alpha value is -0.0800. The topological polar surface area (TPSA) is 21.3 Å². The van der Waals surface area contributed by atoms with Gasteiger partial charge in [0.2, 0.25) is 0 Å². The van der Waals surface area contributed by atoms with Gasteiger partial charge in [-0.2, -0.15) is 0 Å². The zero-order chi connectivity index (χ0) is 12.0. The standard InChI is InChI=1S/C14H29NO/c1-11(2)14(10-16-4)15-12(3)9-13-7-5-6-8-13/h11-15H,5-10H2,1-4H3. The van der Waals surface area contributed by atoms with Crippen molar-refractivity contribution in [1.82, 2.24) is 5.32 Å². The van der Waals surface area contributed by atoms with Crippen LogP contribution in [0.15, 0.2) is 0 Å². The molecule has 16 heavy (non-hydrogen) atoms. The molecule has 96 valence electrons. The van der Waals surface area contributed by atoms with Gasteiger partial charge in [0.05, 0.1) is 6.61 Å². The maximum absolute atomic E-state index is 5.27. The fraction of sp³-hybridized carbons (Fsp3) is 1.00. The summed E-state index contributed by atoms with van der Waals surface area (Å²) in [6.45, 7) is 7.67. The van der Waals surface area contributed by atoms with Crippen molar-refractivity contribution in [2.24, 2.45) is 11.8 Å². The van der Waals surface area contributed by atoms with Crippen LogP contribution in [0.1, 0.15) is 52.9 Å². The average Bonchev–Trinajstić information content (AvgIpc) is 2.69. The van der Waals surface area contributed by atoms with E-state index in [1.165, 1.54) is 32.1 Å². The third-order valence-corrected chi connectivity index (χ3v) is 3.81. The molecule has 2 atom stereocenters. The van der Waals surface area contributed by atoms with Crippen LogP contribution in [-0.4, -0.2) is 25.8 Å². The summed E-state index contributed by atoms with van der Waals surface area (Å²) in [7, 11) is 1.79. The average molecular weight is 227 g/mol. The van der Waals surface area contributed by atoms with E-state index in [9.17, 15) is 0 Å². The minimum atomic E-state index is 0.501. The summed E-state index contributed by atoms with van der Waals surface area (Å²) in [5.74, 6) is 1.61. The predicted molar refractivity (Wildman–Crippen MR) is 69.7 cm³/mol. The van der Waals surface area contributed by atoms with E-state index in [1.807, 2.05) is 0 Å². The molecule has 0 heterocycles. The van der Waals surface area contributed by atoms with Crippen molar-refractivity contribution in [3.05, 3.63) is 0 Å². The Balaban J connectivity index is 2.26. The Kier molecular flexibility index (Phi) is 6.37. The number of ether oxygens (including phenoxy) is 1.